The largest absolute Gasteiger partial charge is 0.347 e. The first-order valence-electron chi connectivity index (χ1n) is 7.07. The minimum Gasteiger partial charge on any atom is -0.347 e. The van der Waals surface area contributed by atoms with Crippen molar-refractivity contribution in [2.45, 2.75) is 40.5 Å². The van der Waals surface area contributed by atoms with Gasteiger partial charge in [0.15, 0.2) is 0 Å². The van der Waals surface area contributed by atoms with E-state index in [1.54, 1.807) is 11.1 Å². The lowest BCUT2D eigenvalue weighted by Crippen LogP contribution is -2.33. The van der Waals surface area contributed by atoms with Crippen molar-refractivity contribution in [3.63, 3.8) is 0 Å². The second-order valence-electron chi connectivity index (χ2n) is 4.15. The van der Waals surface area contributed by atoms with E-state index in [1.807, 2.05) is 27.7 Å². The highest BCUT2D eigenvalue weighted by Gasteiger charge is 2.17. The maximum absolute atomic E-state index is 12.0. The zero-order chi connectivity index (χ0) is 15.0. The fraction of sp³-hybridized carbons (Fsp3) is 0.769. The van der Waals surface area contributed by atoms with Crippen molar-refractivity contribution < 1.29 is 14.3 Å². The van der Waals surface area contributed by atoms with Crippen LogP contribution in [-0.4, -0.2) is 52.1 Å². The SMILES string of the molecule is CCOC(OCC)c1cn(CC(=O)N(CC)CC)nn1. The van der Waals surface area contributed by atoms with Crippen molar-refractivity contribution in [1.29, 1.82) is 0 Å². The third-order valence-electron chi connectivity index (χ3n) is 2.85. The monoisotopic (exact) mass is 284 g/mol. The third kappa shape index (κ3) is 4.57. The fourth-order valence-electron chi connectivity index (χ4n) is 1.84. The second kappa shape index (κ2) is 8.65. The van der Waals surface area contributed by atoms with Crippen molar-refractivity contribution in [1.82, 2.24) is 19.9 Å². The predicted molar refractivity (Wildman–Crippen MR) is 73.9 cm³/mol. The van der Waals surface area contributed by atoms with E-state index < -0.39 is 6.29 Å². The molecular formula is C13H24N4O3. The van der Waals surface area contributed by atoms with E-state index in [1.165, 1.54) is 4.68 Å². The Morgan fingerprint density at radius 2 is 1.85 bits per heavy atom. The smallest absolute Gasteiger partial charge is 0.244 e. The molecule has 0 bridgehead atoms. The molecule has 1 heterocycles. The second-order valence-corrected chi connectivity index (χ2v) is 4.15. The van der Waals surface area contributed by atoms with E-state index in [4.69, 9.17) is 9.47 Å². The van der Waals surface area contributed by atoms with Crippen LogP contribution in [0.15, 0.2) is 6.20 Å². The Morgan fingerprint density at radius 1 is 1.25 bits per heavy atom. The van der Waals surface area contributed by atoms with Crippen LogP contribution < -0.4 is 0 Å². The van der Waals surface area contributed by atoms with Gasteiger partial charge in [-0.3, -0.25) is 4.79 Å². The number of carbonyl (C=O) groups excluding carboxylic acids is 1. The van der Waals surface area contributed by atoms with Crippen molar-refractivity contribution in [3.05, 3.63) is 11.9 Å². The van der Waals surface area contributed by atoms with Gasteiger partial charge in [-0.1, -0.05) is 5.21 Å². The van der Waals surface area contributed by atoms with Crippen LogP contribution in [0, 0.1) is 0 Å². The van der Waals surface area contributed by atoms with Gasteiger partial charge in [-0.05, 0) is 27.7 Å². The Kier molecular flexibility index (Phi) is 7.17. The highest BCUT2D eigenvalue weighted by molar-refractivity contribution is 5.75. The molecule has 0 aliphatic rings. The Hall–Kier alpha value is -1.47. The van der Waals surface area contributed by atoms with Gasteiger partial charge in [0.25, 0.3) is 0 Å². The summed E-state index contributed by atoms with van der Waals surface area (Å²) in [6.07, 6.45) is 1.17. The first-order valence-corrected chi connectivity index (χ1v) is 7.07. The van der Waals surface area contributed by atoms with Gasteiger partial charge in [0.05, 0.1) is 6.20 Å². The lowest BCUT2D eigenvalue weighted by Gasteiger charge is -2.18. The van der Waals surface area contributed by atoms with E-state index in [-0.39, 0.29) is 12.5 Å². The summed E-state index contributed by atoms with van der Waals surface area (Å²) < 4.78 is 12.4. The summed E-state index contributed by atoms with van der Waals surface area (Å²) in [5.41, 5.74) is 0.584. The number of hydrogen-bond donors (Lipinski definition) is 0. The number of amides is 1. The van der Waals surface area contributed by atoms with Gasteiger partial charge < -0.3 is 14.4 Å². The molecule has 0 N–H and O–H groups in total. The molecule has 20 heavy (non-hydrogen) atoms. The normalized spacial score (nSPS) is 11.1. The maximum atomic E-state index is 12.0. The molecule has 1 amide bonds. The summed E-state index contributed by atoms with van der Waals surface area (Å²) in [6, 6.07) is 0. The van der Waals surface area contributed by atoms with E-state index >= 15 is 0 Å². The Bertz CT molecular complexity index is 398. The van der Waals surface area contributed by atoms with E-state index in [0.717, 1.165) is 0 Å². The fourth-order valence-corrected chi connectivity index (χ4v) is 1.84. The zero-order valence-electron chi connectivity index (χ0n) is 12.7. The van der Waals surface area contributed by atoms with Gasteiger partial charge in [0.1, 0.15) is 12.2 Å². The summed E-state index contributed by atoms with van der Waals surface area (Å²) in [7, 11) is 0. The molecule has 0 spiro atoms. The first-order chi connectivity index (χ1) is 9.65. The number of nitrogens with zero attached hydrogens (tertiary/aromatic N) is 4. The number of aromatic nitrogens is 3. The minimum atomic E-state index is -0.526. The van der Waals surface area contributed by atoms with Crippen molar-refractivity contribution in [2.75, 3.05) is 26.3 Å². The number of likely N-dealkylation sites (N-methyl/N-ethyl adjacent to an activating group) is 1. The van der Waals surface area contributed by atoms with Crippen molar-refractivity contribution >= 4 is 5.91 Å². The van der Waals surface area contributed by atoms with Crippen LogP contribution in [0.1, 0.15) is 39.7 Å². The first kappa shape index (κ1) is 16.6. The molecule has 7 heteroatoms. The van der Waals surface area contributed by atoms with Crippen LogP contribution in [0.25, 0.3) is 0 Å². The molecule has 0 aliphatic heterocycles. The zero-order valence-corrected chi connectivity index (χ0v) is 12.7. The van der Waals surface area contributed by atoms with Crippen molar-refractivity contribution in [2.24, 2.45) is 0 Å². The molecule has 1 rings (SSSR count). The van der Waals surface area contributed by atoms with Crippen LogP contribution in [-0.2, 0) is 20.8 Å². The van der Waals surface area contributed by atoms with Crippen LogP contribution in [0.4, 0.5) is 0 Å². The van der Waals surface area contributed by atoms with Gasteiger partial charge in [-0.2, -0.15) is 0 Å². The third-order valence-corrected chi connectivity index (χ3v) is 2.85. The van der Waals surface area contributed by atoms with Crippen LogP contribution in [0.3, 0.4) is 0 Å². The van der Waals surface area contributed by atoms with Crippen LogP contribution in [0.5, 0.6) is 0 Å². The van der Waals surface area contributed by atoms with Gasteiger partial charge >= 0.3 is 0 Å². The molecular weight excluding hydrogens is 260 g/mol. The maximum Gasteiger partial charge on any atom is 0.244 e. The van der Waals surface area contributed by atoms with E-state index in [9.17, 15) is 4.79 Å². The quantitative estimate of drug-likeness (QED) is 0.638. The van der Waals surface area contributed by atoms with E-state index in [0.29, 0.717) is 32.0 Å². The Morgan fingerprint density at radius 3 is 2.35 bits per heavy atom. The minimum absolute atomic E-state index is 0.0239. The lowest BCUT2D eigenvalue weighted by atomic mass is 10.4. The van der Waals surface area contributed by atoms with Crippen LogP contribution in [0.2, 0.25) is 0 Å². The molecule has 0 radical (unpaired) electrons. The molecule has 7 nitrogen and oxygen atoms in total. The van der Waals surface area contributed by atoms with E-state index in [2.05, 4.69) is 10.3 Å². The molecule has 0 fully saturated rings. The van der Waals surface area contributed by atoms with Gasteiger partial charge in [0, 0.05) is 26.3 Å². The number of carbonyl (C=O) groups is 1. The molecule has 0 unspecified atom stereocenters. The molecule has 1 aromatic rings. The van der Waals surface area contributed by atoms with Crippen molar-refractivity contribution in [3.8, 4) is 0 Å². The Labute approximate surface area is 119 Å². The van der Waals surface area contributed by atoms with Gasteiger partial charge in [0.2, 0.25) is 12.2 Å². The molecule has 0 atom stereocenters. The highest BCUT2D eigenvalue weighted by atomic mass is 16.7. The average molecular weight is 284 g/mol. The van der Waals surface area contributed by atoms with Gasteiger partial charge in [-0.25, -0.2) is 4.68 Å². The summed E-state index contributed by atoms with van der Waals surface area (Å²) in [4.78, 5) is 13.7. The average Bonchev–Trinajstić information content (AvgIpc) is 2.88. The number of ether oxygens (including phenoxy) is 2. The number of hydrogen-bond acceptors (Lipinski definition) is 5. The molecule has 0 aromatic carbocycles. The predicted octanol–water partition coefficient (Wildman–Crippen LogP) is 1.22. The summed E-state index contributed by atoms with van der Waals surface area (Å²) in [5.74, 6) is 0.0239. The Balaban J connectivity index is 2.68. The molecule has 0 saturated heterocycles. The highest BCUT2D eigenvalue weighted by Crippen LogP contribution is 2.15. The summed E-state index contributed by atoms with van der Waals surface area (Å²) in [6.45, 7) is 10.3. The summed E-state index contributed by atoms with van der Waals surface area (Å²) in [5, 5.41) is 7.96. The molecule has 0 aliphatic carbocycles. The molecule has 0 saturated carbocycles. The number of rotatable bonds is 9. The van der Waals surface area contributed by atoms with Gasteiger partial charge in [-0.15, -0.1) is 5.10 Å². The molecule has 114 valence electrons. The molecule has 1 aromatic heterocycles. The lowest BCUT2D eigenvalue weighted by molar-refractivity contribution is -0.142. The van der Waals surface area contributed by atoms with Crippen LogP contribution >= 0.6 is 0 Å². The summed E-state index contributed by atoms with van der Waals surface area (Å²) >= 11 is 0. The topological polar surface area (TPSA) is 69.5 Å². The standard InChI is InChI=1S/C13H24N4O3/c1-5-16(6-2)12(18)10-17-9-11(14-15-17)13(19-7-3)20-8-4/h9,13H,5-8,10H2,1-4H3.